The number of carboxylic acids is 1. The molecule has 2 N–H and O–H groups in total. The molecule has 0 unspecified atom stereocenters. The van der Waals surface area contributed by atoms with Gasteiger partial charge in [-0.1, -0.05) is 51.1 Å². The van der Waals surface area contributed by atoms with Crippen LogP contribution in [0.3, 0.4) is 0 Å². The monoisotopic (exact) mass is 354 g/mol. The first-order valence-corrected chi connectivity index (χ1v) is 9.49. The van der Waals surface area contributed by atoms with Crippen molar-refractivity contribution in [1.29, 1.82) is 0 Å². The Morgan fingerprint density at radius 2 is 1.68 bits per heavy atom. The van der Waals surface area contributed by atoms with Crippen LogP contribution in [0, 0.1) is 19.8 Å². The maximum absolute atomic E-state index is 11.8. The summed E-state index contributed by atoms with van der Waals surface area (Å²) >= 11 is 0. The number of benzene rings is 2. The van der Waals surface area contributed by atoms with E-state index in [4.69, 9.17) is 0 Å². The molecule has 0 aromatic heterocycles. The summed E-state index contributed by atoms with van der Waals surface area (Å²) in [5.74, 6) is -0.168. The molecule has 2 radical (unpaired) electrons. The number of carbonyl (C=O) groups is 1. The van der Waals surface area contributed by atoms with E-state index >= 15 is 0 Å². The average Bonchev–Trinajstić information content (AvgIpc) is 2.50. The van der Waals surface area contributed by atoms with Gasteiger partial charge in [0.15, 0.2) is 0 Å². The van der Waals surface area contributed by atoms with Gasteiger partial charge in [0.05, 0.1) is 15.1 Å². The van der Waals surface area contributed by atoms with Gasteiger partial charge in [-0.3, -0.25) is 0 Å². The average molecular weight is 355 g/mol. The number of aromatic carboxylic acids is 1. The lowest BCUT2D eigenvalue weighted by atomic mass is 9.95. The van der Waals surface area contributed by atoms with Gasteiger partial charge in [0.2, 0.25) is 0 Å². The summed E-state index contributed by atoms with van der Waals surface area (Å²) in [6, 6.07) is 9.10. The number of phenols is 1. The summed E-state index contributed by atoms with van der Waals surface area (Å²) in [5.41, 5.74) is 4.09. The highest BCUT2D eigenvalue weighted by Gasteiger charge is 2.28. The predicted molar refractivity (Wildman–Crippen MR) is 104 cm³/mol. The van der Waals surface area contributed by atoms with Crippen LogP contribution in [-0.4, -0.2) is 25.7 Å². The van der Waals surface area contributed by atoms with E-state index in [9.17, 15) is 15.0 Å². The molecule has 0 amide bonds. The van der Waals surface area contributed by atoms with Gasteiger partial charge >= 0.3 is 5.97 Å². The van der Waals surface area contributed by atoms with Crippen molar-refractivity contribution in [2.24, 2.45) is 5.92 Å². The van der Waals surface area contributed by atoms with Crippen molar-refractivity contribution in [3.05, 3.63) is 47.0 Å². The van der Waals surface area contributed by atoms with Crippen LogP contribution in [0.25, 0.3) is 11.1 Å². The molecule has 132 valence electrons. The summed E-state index contributed by atoms with van der Waals surface area (Å²) in [6.07, 6.45) is 0. The molecule has 0 bridgehead atoms. The zero-order chi connectivity index (χ0) is 18.9. The summed E-state index contributed by atoms with van der Waals surface area (Å²) in [5, 5.41) is 20.4. The largest absolute Gasteiger partial charge is 0.508 e. The minimum absolute atomic E-state index is 0.0709. The van der Waals surface area contributed by atoms with Crippen molar-refractivity contribution >= 4 is 20.7 Å². The minimum Gasteiger partial charge on any atom is -0.508 e. The third kappa shape index (κ3) is 3.95. The van der Waals surface area contributed by atoms with Gasteiger partial charge in [-0.15, -0.1) is 0 Å². The summed E-state index contributed by atoms with van der Waals surface area (Å²) in [4.78, 5) is 11.8. The van der Waals surface area contributed by atoms with Crippen LogP contribution in [0.4, 0.5) is 0 Å². The fraction of sp³-hybridized carbons (Fsp3) is 0.381. The lowest BCUT2D eigenvalue weighted by Crippen LogP contribution is -2.34. The van der Waals surface area contributed by atoms with Crippen molar-refractivity contribution in [1.82, 2.24) is 0 Å². The van der Waals surface area contributed by atoms with E-state index in [1.165, 1.54) is 0 Å². The molecule has 4 heteroatoms. The fourth-order valence-corrected chi connectivity index (χ4v) is 4.41. The second-order valence-electron chi connectivity index (χ2n) is 7.47. The van der Waals surface area contributed by atoms with Gasteiger partial charge in [-0.2, -0.15) is 0 Å². The van der Waals surface area contributed by atoms with Gasteiger partial charge < -0.3 is 10.2 Å². The number of carboxylic acid groups (broad SMARTS) is 1. The summed E-state index contributed by atoms with van der Waals surface area (Å²) in [6.45, 7) is 12.6. The van der Waals surface area contributed by atoms with Crippen LogP contribution in [0.5, 0.6) is 5.75 Å². The van der Waals surface area contributed by atoms with E-state index in [-0.39, 0.29) is 10.8 Å². The number of hydrogen-bond donors (Lipinski definition) is 2. The quantitative estimate of drug-likeness (QED) is 0.774. The Balaban J connectivity index is 2.73. The Morgan fingerprint density at radius 1 is 1.12 bits per heavy atom. The van der Waals surface area contributed by atoms with Gasteiger partial charge in [0.1, 0.15) is 5.75 Å². The molecule has 0 atom stereocenters. The first-order chi connectivity index (χ1) is 11.5. The van der Waals surface area contributed by atoms with E-state index in [0.717, 1.165) is 27.4 Å². The molecule has 0 aliphatic heterocycles. The molecule has 0 saturated carbocycles. The third-order valence-electron chi connectivity index (χ3n) is 5.06. The zero-order valence-electron chi connectivity index (χ0n) is 15.8. The standard InChI is InChI=1S/C21H26O3Si/c1-12(2)21(5,6)25-19-14(4)18(20(23)24)13(3)11-17(19)15-7-9-16(22)10-8-15/h7-12,22H,1-6H3,(H,23,24). The minimum atomic E-state index is -0.874. The fourth-order valence-electron chi connectivity index (χ4n) is 2.81. The second kappa shape index (κ2) is 7.04. The van der Waals surface area contributed by atoms with Crippen molar-refractivity contribution in [3.8, 4) is 16.9 Å². The Labute approximate surface area is 152 Å². The topological polar surface area (TPSA) is 57.5 Å². The Kier molecular flexibility index (Phi) is 5.42. The lowest BCUT2D eigenvalue weighted by Gasteiger charge is -2.31. The number of hydrogen-bond acceptors (Lipinski definition) is 2. The SMILES string of the molecule is Cc1cc(-c2ccc(O)cc2)c([Si]C(C)(C)C(C)C)c(C)c1C(=O)O. The van der Waals surface area contributed by atoms with Crippen LogP contribution in [-0.2, 0) is 0 Å². The molecular formula is C21H26O3Si. The Hall–Kier alpha value is -2.07. The molecule has 0 aliphatic rings. The van der Waals surface area contributed by atoms with Gasteiger partial charge in [-0.25, -0.2) is 4.79 Å². The third-order valence-corrected chi connectivity index (χ3v) is 7.17. The van der Waals surface area contributed by atoms with Crippen LogP contribution >= 0.6 is 0 Å². The Bertz CT molecular complexity index is 790. The highest BCUT2D eigenvalue weighted by molar-refractivity contribution is 6.59. The van der Waals surface area contributed by atoms with Gasteiger partial charge in [-0.05, 0) is 59.2 Å². The number of aromatic hydroxyl groups is 1. The van der Waals surface area contributed by atoms with Gasteiger partial charge in [0.25, 0.3) is 0 Å². The highest BCUT2D eigenvalue weighted by Crippen LogP contribution is 2.35. The molecule has 2 aromatic carbocycles. The van der Waals surface area contributed by atoms with E-state index in [1.807, 2.05) is 32.0 Å². The molecule has 0 saturated heterocycles. The van der Waals surface area contributed by atoms with Crippen LogP contribution < -0.4 is 5.19 Å². The highest BCUT2D eigenvalue weighted by atomic mass is 28.2. The number of aryl methyl sites for hydroxylation is 1. The van der Waals surface area contributed by atoms with E-state index in [2.05, 4.69) is 27.7 Å². The lowest BCUT2D eigenvalue weighted by molar-refractivity contribution is 0.0695. The van der Waals surface area contributed by atoms with Crippen LogP contribution in [0.1, 0.15) is 49.2 Å². The first-order valence-electron chi connectivity index (χ1n) is 8.49. The van der Waals surface area contributed by atoms with E-state index in [0.29, 0.717) is 21.0 Å². The molecule has 3 nitrogen and oxygen atoms in total. The number of rotatable bonds is 5. The second-order valence-corrected chi connectivity index (χ2v) is 9.51. The molecule has 0 spiro atoms. The van der Waals surface area contributed by atoms with Crippen molar-refractivity contribution < 1.29 is 15.0 Å². The first kappa shape index (κ1) is 19.3. The smallest absolute Gasteiger partial charge is 0.336 e. The van der Waals surface area contributed by atoms with Crippen molar-refractivity contribution in [2.75, 3.05) is 0 Å². The van der Waals surface area contributed by atoms with Crippen LogP contribution in [0.2, 0.25) is 5.04 Å². The van der Waals surface area contributed by atoms with Gasteiger partial charge in [0, 0.05) is 0 Å². The molecular weight excluding hydrogens is 328 g/mol. The molecule has 2 aromatic rings. The zero-order valence-corrected chi connectivity index (χ0v) is 16.8. The summed E-state index contributed by atoms with van der Waals surface area (Å²) < 4.78 is 0. The maximum atomic E-state index is 11.8. The van der Waals surface area contributed by atoms with E-state index < -0.39 is 5.97 Å². The maximum Gasteiger partial charge on any atom is 0.336 e. The molecule has 0 fully saturated rings. The molecule has 2 rings (SSSR count). The summed E-state index contributed by atoms with van der Waals surface area (Å²) in [7, 11) is 0.492. The normalized spacial score (nSPS) is 11.8. The molecule has 25 heavy (non-hydrogen) atoms. The number of phenolic OH excluding ortho intramolecular Hbond substituents is 1. The molecule has 0 heterocycles. The predicted octanol–water partition coefficient (Wildman–Crippen LogP) is 4.56. The Morgan fingerprint density at radius 3 is 2.16 bits per heavy atom. The van der Waals surface area contributed by atoms with Crippen molar-refractivity contribution in [3.63, 3.8) is 0 Å². The van der Waals surface area contributed by atoms with Crippen molar-refractivity contribution in [2.45, 2.75) is 46.6 Å². The van der Waals surface area contributed by atoms with E-state index in [1.54, 1.807) is 12.1 Å². The van der Waals surface area contributed by atoms with Crippen LogP contribution in [0.15, 0.2) is 30.3 Å². The molecule has 0 aliphatic carbocycles.